The number of rotatable bonds is 6. The van der Waals surface area contributed by atoms with Crippen molar-refractivity contribution in [3.8, 4) is 5.69 Å². The highest BCUT2D eigenvalue weighted by molar-refractivity contribution is 5.94. The topological polar surface area (TPSA) is 119 Å². The fourth-order valence-electron chi connectivity index (χ4n) is 2.11. The van der Waals surface area contributed by atoms with Gasteiger partial charge in [-0.25, -0.2) is 4.68 Å². The van der Waals surface area contributed by atoms with Crippen molar-refractivity contribution in [3.63, 3.8) is 0 Å². The van der Waals surface area contributed by atoms with Crippen molar-refractivity contribution in [2.24, 2.45) is 0 Å². The fourth-order valence-corrected chi connectivity index (χ4v) is 2.11. The summed E-state index contributed by atoms with van der Waals surface area (Å²) in [5, 5.41) is 23.8. The Labute approximate surface area is 137 Å². The zero-order chi connectivity index (χ0) is 17.9. The monoisotopic (exact) mass is 332 g/mol. The van der Waals surface area contributed by atoms with E-state index in [0.717, 1.165) is 0 Å². The number of amides is 1. The summed E-state index contributed by atoms with van der Waals surface area (Å²) in [5.41, 5.74) is 0.402. The Morgan fingerprint density at radius 3 is 2.67 bits per heavy atom. The first-order valence-electron chi connectivity index (χ1n) is 7.13. The van der Waals surface area contributed by atoms with Crippen molar-refractivity contribution < 1.29 is 19.6 Å². The van der Waals surface area contributed by atoms with E-state index in [4.69, 9.17) is 5.11 Å². The smallest absolute Gasteiger partial charge is 0.323 e. The van der Waals surface area contributed by atoms with E-state index < -0.39 is 23.3 Å². The summed E-state index contributed by atoms with van der Waals surface area (Å²) in [6, 6.07) is 6.95. The molecule has 9 heteroatoms. The van der Waals surface area contributed by atoms with Crippen LogP contribution in [0.1, 0.15) is 24.3 Å². The zero-order valence-corrected chi connectivity index (χ0v) is 13.1. The van der Waals surface area contributed by atoms with E-state index in [2.05, 4.69) is 5.10 Å². The van der Waals surface area contributed by atoms with Gasteiger partial charge in [0.25, 0.3) is 11.6 Å². The second-order valence-electron chi connectivity index (χ2n) is 5.34. The van der Waals surface area contributed by atoms with E-state index >= 15 is 0 Å². The molecule has 0 aliphatic carbocycles. The van der Waals surface area contributed by atoms with E-state index in [1.807, 2.05) is 0 Å². The van der Waals surface area contributed by atoms with Crippen LogP contribution in [0.15, 0.2) is 36.5 Å². The average molecular weight is 332 g/mol. The maximum atomic E-state index is 12.4. The Morgan fingerprint density at radius 1 is 1.38 bits per heavy atom. The molecule has 0 aliphatic rings. The first-order valence-corrected chi connectivity index (χ1v) is 7.13. The first-order chi connectivity index (χ1) is 11.3. The van der Waals surface area contributed by atoms with E-state index in [9.17, 15) is 19.7 Å². The summed E-state index contributed by atoms with van der Waals surface area (Å²) >= 11 is 0. The van der Waals surface area contributed by atoms with Crippen LogP contribution in [0.25, 0.3) is 5.69 Å². The lowest BCUT2D eigenvalue weighted by Gasteiger charge is -2.23. The van der Waals surface area contributed by atoms with Crippen LogP contribution in [0.5, 0.6) is 0 Å². The van der Waals surface area contributed by atoms with Crippen LogP contribution in [0.4, 0.5) is 5.69 Å². The standard InChI is InChI=1S/C15H16N4O5/c1-10(2)17(9-14(20)21)15(22)13-6-7-18(16-13)11-4-3-5-12(8-11)19(23)24/h3-8,10H,9H2,1-2H3,(H,20,21). The van der Waals surface area contributed by atoms with Crippen molar-refractivity contribution in [1.29, 1.82) is 0 Å². The Morgan fingerprint density at radius 2 is 2.08 bits per heavy atom. The third kappa shape index (κ3) is 3.75. The Hall–Kier alpha value is -3.23. The van der Waals surface area contributed by atoms with Gasteiger partial charge in [0.2, 0.25) is 0 Å². The number of nitrogens with zero attached hydrogens (tertiary/aromatic N) is 4. The molecule has 0 unspecified atom stereocenters. The molecule has 1 amide bonds. The number of hydrogen-bond acceptors (Lipinski definition) is 5. The highest BCUT2D eigenvalue weighted by atomic mass is 16.6. The van der Waals surface area contributed by atoms with Gasteiger partial charge in [0.1, 0.15) is 6.54 Å². The van der Waals surface area contributed by atoms with Gasteiger partial charge in [-0.15, -0.1) is 0 Å². The van der Waals surface area contributed by atoms with Gasteiger partial charge in [-0.05, 0) is 26.0 Å². The summed E-state index contributed by atoms with van der Waals surface area (Å²) in [6.45, 7) is 2.98. The molecular weight excluding hydrogens is 316 g/mol. The SMILES string of the molecule is CC(C)N(CC(=O)O)C(=O)c1ccn(-c2cccc([N+](=O)[O-])c2)n1. The Bertz CT molecular complexity index is 784. The molecule has 9 nitrogen and oxygen atoms in total. The number of benzene rings is 1. The quantitative estimate of drug-likeness (QED) is 0.635. The van der Waals surface area contributed by atoms with Crippen LogP contribution in [-0.2, 0) is 4.79 Å². The number of aliphatic carboxylic acids is 1. The number of aromatic nitrogens is 2. The lowest BCUT2D eigenvalue weighted by atomic mass is 10.2. The molecule has 0 spiro atoms. The molecule has 2 aromatic rings. The summed E-state index contributed by atoms with van der Waals surface area (Å²) < 4.78 is 1.33. The predicted molar refractivity (Wildman–Crippen MR) is 84.0 cm³/mol. The van der Waals surface area contributed by atoms with Gasteiger partial charge in [-0.1, -0.05) is 6.07 Å². The summed E-state index contributed by atoms with van der Waals surface area (Å²) in [4.78, 5) is 34.8. The molecule has 0 radical (unpaired) electrons. The lowest BCUT2D eigenvalue weighted by Crippen LogP contribution is -2.40. The van der Waals surface area contributed by atoms with Crippen molar-refractivity contribution in [1.82, 2.24) is 14.7 Å². The maximum absolute atomic E-state index is 12.4. The van der Waals surface area contributed by atoms with Crippen LogP contribution in [0, 0.1) is 10.1 Å². The molecule has 0 bridgehead atoms. The third-order valence-electron chi connectivity index (χ3n) is 3.30. The number of nitro benzene ring substituents is 1. The van der Waals surface area contributed by atoms with Gasteiger partial charge in [-0.2, -0.15) is 5.10 Å². The fraction of sp³-hybridized carbons (Fsp3) is 0.267. The molecule has 0 saturated heterocycles. The van der Waals surface area contributed by atoms with E-state index in [1.54, 1.807) is 19.9 Å². The van der Waals surface area contributed by atoms with E-state index in [0.29, 0.717) is 5.69 Å². The number of hydrogen-bond donors (Lipinski definition) is 1. The van der Waals surface area contributed by atoms with Gasteiger partial charge >= 0.3 is 5.97 Å². The predicted octanol–water partition coefficient (Wildman–Crippen LogP) is 1.72. The number of nitro groups is 1. The van der Waals surface area contributed by atoms with Crippen LogP contribution < -0.4 is 0 Å². The molecule has 24 heavy (non-hydrogen) atoms. The second-order valence-corrected chi connectivity index (χ2v) is 5.34. The first kappa shape index (κ1) is 17.1. The van der Waals surface area contributed by atoms with E-state index in [-0.39, 0.29) is 17.4 Å². The molecule has 0 saturated carbocycles. The van der Waals surface area contributed by atoms with Gasteiger partial charge in [0.15, 0.2) is 5.69 Å². The third-order valence-corrected chi connectivity index (χ3v) is 3.30. The van der Waals surface area contributed by atoms with Gasteiger partial charge < -0.3 is 10.0 Å². The largest absolute Gasteiger partial charge is 0.480 e. The lowest BCUT2D eigenvalue weighted by molar-refractivity contribution is -0.384. The van der Waals surface area contributed by atoms with Gasteiger partial charge in [0, 0.05) is 24.4 Å². The average Bonchev–Trinajstić information content (AvgIpc) is 3.01. The molecule has 1 aromatic heterocycles. The number of carboxylic acids is 1. The molecule has 126 valence electrons. The minimum absolute atomic E-state index is 0.0662. The Kier molecular flexibility index (Phi) is 4.93. The number of non-ortho nitro benzene ring substituents is 1. The van der Waals surface area contributed by atoms with Gasteiger partial charge in [0.05, 0.1) is 10.6 Å². The minimum Gasteiger partial charge on any atom is -0.480 e. The van der Waals surface area contributed by atoms with Crippen molar-refractivity contribution in [2.45, 2.75) is 19.9 Å². The molecule has 1 heterocycles. The maximum Gasteiger partial charge on any atom is 0.323 e. The van der Waals surface area contributed by atoms with Crippen LogP contribution >= 0.6 is 0 Å². The van der Waals surface area contributed by atoms with Crippen LogP contribution in [-0.4, -0.2) is 49.2 Å². The van der Waals surface area contributed by atoms with Crippen LogP contribution in [0.3, 0.4) is 0 Å². The number of carbonyl (C=O) groups excluding carboxylic acids is 1. The zero-order valence-electron chi connectivity index (χ0n) is 13.1. The summed E-state index contributed by atoms with van der Waals surface area (Å²) in [6.07, 6.45) is 1.49. The highest BCUT2D eigenvalue weighted by Crippen LogP contribution is 2.17. The molecule has 0 aliphatic heterocycles. The van der Waals surface area contributed by atoms with Crippen LogP contribution in [0.2, 0.25) is 0 Å². The molecule has 1 N–H and O–H groups in total. The minimum atomic E-state index is -1.12. The highest BCUT2D eigenvalue weighted by Gasteiger charge is 2.23. The molecule has 2 rings (SSSR count). The number of carbonyl (C=O) groups is 2. The van der Waals surface area contributed by atoms with E-state index in [1.165, 1.54) is 40.0 Å². The van der Waals surface area contributed by atoms with Crippen molar-refractivity contribution in [2.75, 3.05) is 6.54 Å². The molecule has 1 aromatic carbocycles. The van der Waals surface area contributed by atoms with Crippen molar-refractivity contribution >= 4 is 17.6 Å². The summed E-state index contributed by atoms with van der Waals surface area (Å²) in [7, 11) is 0. The molecular formula is C15H16N4O5. The van der Waals surface area contributed by atoms with Gasteiger partial charge in [-0.3, -0.25) is 19.7 Å². The Balaban J connectivity index is 2.29. The number of carboxylic acid groups (broad SMARTS) is 1. The summed E-state index contributed by atoms with van der Waals surface area (Å²) in [5.74, 6) is -1.63. The second kappa shape index (κ2) is 6.90. The normalized spacial score (nSPS) is 10.6. The van der Waals surface area contributed by atoms with Crippen molar-refractivity contribution in [3.05, 3.63) is 52.3 Å². The molecule has 0 fully saturated rings. The molecule has 0 atom stereocenters.